The lowest BCUT2D eigenvalue weighted by atomic mass is 9.80. The summed E-state index contributed by atoms with van der Waals surface area (Å²) in [4.78, 5) is 4.58. The molecule has 20 heavy (non-hydrogen) atoms. The average Bonchev–Trinajstić information content (AvgIpc) is 2.53. The SMILES string of the molecule is COc1ccccc1C(N)C1CCCc2cccnc21. The van der Waals surface area contributed by atoms with Crippen molar-refractivity contribution in [3.8, 4) is 5.75 Å². The van der Waals surface area contributed by atoms with Crippen molar-refractivity contribution in [3.05, 3.63) is 59.4 Å². The summed E-state index contributed by atoms with van der Waals surface area (Å²) in [5.74, 6) is 1.14. The summed E-state index contributed by atoms with van der Waals surface area (Å²) in [5.41, 5.74) is 10.1. The highest BCUT2D eigenvalue weighted by atomic mass is 16.5. The number of hydrogen-bond acceptors (Lipinski definition) is 3. The van der Waals surface area contributed by atoms with Crippen LogP contribution in [0.3, 0.4) is 0 Å². The van der Waals surface area contributed by atoms with Crippen molar-refractivity contribution in [1.29, 1.82) is 0 Å². The first-order valence-electron chi connectivity index (χ1n) is 7.13. The fourth-order valence-electron chi connectivity index (χ4n) is 3.15. The number of aryl methyl sites for hydroxylation is 1. The van der Waals surface area contributed by atoms with Crippen LogP contribution in [-0.2, 0) is 6.42 Å². The number of nitrogens with two attached hydrogens (primary N) is 1. The molecule has 1 heterocycles. The van der Waals surface area contributed by atoms with Gasteiger partial charge in [-0.2, -0.15) is 0 Å². The van der Waals surface area contributed by atoms with Gasteiger partial charge in [0, 0.05) is 29.4 Å². The second-order valence-corrected chi connectivity index (χ2v) is 5.31. The number of para-hydroxylation sites is 1. The molecule has 1 aliphatic carbocycles. The van der Waals surface area contributed by atoms with Gasteiger partial charge in [0.15, 0.2) is 0 Å². The summed E-state index contributed by atoms with van der Waals surface area (Å²) in [5, 5.41) is 0. The standard InChI is InChI=1S/C17H20N2O/c1-20-15-10-3-2-8-13(15)16(18)14-9-4-6-12-7-5-11-19-17(12)14/h2-3,5,7-8,10-11,14,16H,4,6,9,18H2,1H3. The highest BCUT2D eigenvalue weighted by Crippen LogP contribution is 2.40. The highest BCUT2D eigenvalue weighted by Gasteiger charge is 2.29. The van der Waals surface area contributed by atoms with Crippen LogP contribution in [0, 0.1) is 0 Å². The predicted octanol–water partition coefficient (Wildman–Crippen LogP) is 3.21. The lowest BCUT2D eigenvalue weighted by molar-refractivity contribution is 0.393. The normalized spacial score (nSPS) is 19.2. The van der Waals surface area contributed by atoms with E-state index in [2.05, 4.69) is 17.1 Å². The lowest BCUT2D eigenvalue weighted by Gasteiger charge is -2.30. The van der Waals surface area contributed by atoms with Gasteiger partial charge in [0.2, 0.25) is 0 Å². The Balaban J connectivity index is 1.97. The number of fused-ring (bicyclic) bond motifs is 1. The molecule has 0 bridgehead atoms. The Morgan fingerprint density at radius 1 is 1.25 bits per heavy atom. The molecule has 1 aromatic heterocycles. The third-order valence-electron chi connectivity index (χ3n) is 4.17. The zero-order valence-electron chi connectivity index (χ0n) is 11.8. The summed E-state index contributed by atoms with van der Waals surface area (Å²) in [6.07, 6.45) is 5.24. The Morgan fingerprint density at radius 2 is 2.10 bits per heavy atom. The van der Waals surface area contributed by atoms with Crippen LogP contribution in [0.4, 0.5) is 0 Å². The van der Waals surface area contributed by atoms with E-state index in [1.165, 1.54) is 12.0 Å². The summed E-state index contributed by atoms with van der Waals surface area (Å²) in [7, 11) is 1.69. The minimum Gasteiger partial charge on any atom is -0.496 e. The van der Waals surface area contributed by atoms with E-state index in [9.17, 15) is 0 Å². The molecule has 0 radical (unpaired) electrons. The summed E-state index contributed by atoms with van der Waals surface area (Å²) in [6, 6.07) is 12.1. The topological polar surface area (TPSA) is 48.1 Å². The van der Waals surface area contributed by atoms with Crippen LogP contribution in [0.5, 0.6) is 5.75 Å². The molecule has 3 heteroatoms. The van der Waals surface area contributed by atoms with E-state index < -0.39 is 0 Å². The fraction of sp³-hybridized carbons (Fsp3) is 0.353. The molecule has 1 aliphatic rings. The predicted molar refractivity (Wildman–Crippen MR) is 79.8 cm³/mol. The third kappa shape index (κ3) is 2.29. The van der Waals surface area contributed by atoms with Gasteiger partial charge in [-0.1, -0.05) is 24.3 Å². The van der Waals surface area contributed by atoms with Crippen molar-refractivity contribution >= 4 is 0 Å². The van der Waals surface area contributed by atoms with Gasteiger partial charge in [0.1, 0.15) is 5.75 Å². The molecule has 0 amide bonds. The van der Waals surface area contributed by atoms with Crippen LogP contribution >= 0.6 is 0 Å². The lowest BCUT2D eigenvalue weighted by Crippen LogP contribution is -2.25. The largest absolute Gasteiger partial charge is 0.496 e. The van der Waals surface area contributed by atoms with E-state index in [1.807, 2.05) is 30.5 Å². The number of pyridine rings is 1. The van der Waals surface area contributed by atoms with E-state index >= 15 is 0 Å². The van der Waals surface area contributed by atoms with Crippen LogP contribution in [-0.4, -0.2) is 12.1 Å². The van der Waals surface area contributed by atoms with E-state index in [-0.39, 0.29) is 12.0 Å². The van der Waals surface area contributed by atoms with Crippen molar-refractivity contribution < 1.29 is 4.74 Å². The van der Waals surface area contributed by atoms with Crippen LogP contribution in [0.25, 0.3) is 0 Å². The first-order valence-corrected chi connectivity index (χ1v) is 7.13. The Labute approximate surface area is 119 Å². The summed E-state index contributed by atoms with van der Waals surface area (Å²) in [6.45, 7) is 0. The zero-order valence-corrected chi connectivity index (χ0v) is 11.8. The first kappa shape index (κ1) is 13.1. The van der Waals surface area contributed by atoms with Gasteiger partial charge >= 0.3 is 0 Å². The van der Waals surface area contributed by atoms with Gasteiger partial charge in [0.25, 0.3) is 0 Å². The summed E-state index contributed by atoms with van der Waals surface area (Å²) >= 11 is 0. The minimum atomic E-state index is -0.0694. The van der Waals surface area contributed by atoms with E-state index in [0.29, 0.717) is 0 Å². The van der Waals surface area contributed by atoms with Crippen molar-refractivity contribution in [3.63, 3.8) is 0 Å². The third-order valence-corrected chi connectivity index (χ3v) is 4.17. The van der Waals surface area contributed by atoms with E-state index in [1.54, 1.807) is 7.11 Å². The van der Waals surface area contributed by atoms with Crippen molar-refractivity contribution in [2.75, 3.05) is 7.11 Å². The first-order chi connectivity index (χ1) is 9.81. The molecule has 1 aromatic carbocycles. The maximum absolute atomic E-state index is 6.54. The molecule has 3 nitrogen and oxygen atoms in total. The molecule has 0 aliphatic heterocycles. The van der Waals surface area contributed by atoms with Crippen LogP contribution in [0.15, 0.2) is 42.6 Å². The number of benzene rings is 1. The molecule has 2 N–H and O–H groups in total. The second-order valence-electron chi connectivity index (χ2n) is 5.31. The molecule has 0 saturated heterocycles. The average molecular weight is 268 g/mol. The fourth-order valence-corrected chi connectivity index (χ4v) is 3.15. The van der Waals surface area contributed by atoms with E-state index in [4.69, 9.17) is 10.5 Å². The number of ether oxygens (including phenoxy) is 1. The Kier molecular flexibility index (Phi) is 3.70. The Bertz CT molecular complexity index is 597. The number of aromatic nitrogens is 1. The molecule has 2 atom stereocenters. The van der Waals surface area contributed by atoms with Crippen molar-refractivity contribution in [2.45, 2.75) is 31.2 Å². The van der Waals surface area contributed by atoms with Gasteiger partial charge in [-0.25, -0.2) is 0 Å². The molecule has 104 valence electrons. The number of hydrogen-bond donors (Lipinski definition) is 1. The van der Waals surface area contributed by atoms with Crippen LogP contribution < -0.4 is 10.5 Å². The molecular weight excluding hydrogens is 248 g/mol. The van der Waals surface area contributed by atoms with Crippen LogP contribution in [0.1, 0.15) is 41.6 Å². The second kappa shape index (κ2) is 5.63. The molecular formula is C17H20N2O. The molecule has 2 unspecified atom stereocenters. The van der Waals surface area contributed by atoms with Crippen LogP contribution in [0.2, 0.25) is 0 Å². The number of nitrogens with zero attached hydrogens (tertiary/aromatic N) is 1. The molecule has 0 spiro atoms. The molecule has 2 aromatic rings. The maximum Gasteiger partial charge on any atom is 0.123 e. The van der Waals surface area contributed by atoms with Gasteiger partial charge in [-0.15, -0.1) is 0 Å². The zero-order chi connectivity index (χ0) is 13.9. The van der Waals surface area contributed by atoms with Crippen molar-refractivity contribution in [1.82, 2.24) is 4.98 Å². The van der Waals surface area contributed by atoms with Gasteiger partial charge in [0.05, 0.1) is 7.11 Å². The van der Waals surface area contributed by atoms with Gasteiger partial charge in [-0.05, 0) is 37.0 Å². The monoisotopic (exact) mass is 268 g/mol. The maximum atomic E-state index is 6.54. The molecule has 0 fully saturated rings. The quantitative estimate of drug-likeness (QED) is 0.930. The smallest absolute Gasteiger partial charge is 0.123 e. The van der Waals surface area contributed by atoms with Crippen molar-refractivity contribution in [2.24, 2.45) is 5.73 Å². The van der Waals surface area contributed by atoms with E-state index in [0.717, 1.165) is 29.8 Å². The summed E-state index contributed by atoms with van der Waals surface area (Å²) < 4.78 is 5.44. The molecule has 0 saturated carbocycles. The Morgan fingerprint density at radius 3 is 2.95 bits per heavy atom. The van der Waals surface area contributed by atoms with Gasteiger partial charge in [-0.3, -0.25) is 4.98 Å². The van der Waals surface area contributed by atoms with Gasteiger partial charge < -0.3 is 10.5 Å². The molecule has 3 rings (SSSR count). The minimum absolute atomic E-state index is 0.0694. The Hall–Kier alpha value is -1.87. The number of methoxy groups -OCH3 is 1. The number of rotatable bonds is 3. The highest BCUT2D eigenvalue weighted by molar-refractivity contribution is 5.39.